The molecule has 2 aliphatic heterocycles. The minimum absolute atomic E-state index is 0.100. The lowest BCUT2D eigenvalue weighted by atomic mass is 9.86. The van der Waals surface area contributed by atoms with Gasteiger partial charge in [0.1, 0.15) is 11.4 Å². The smallest absolute Gasteiger partial charge is 0.289 e. The monoisotopic (exact) mass is 437 g/mol. The van der Waals surface area contributed by atoms with Gasteiger partial charge >= 0.3 is 0 Å². The topological polar surface area (TPSA) is 51.9 Å². The van der Waals surface area contributed by atoms with Crippen LogP contribution in [-0.2, 0) is 16.1 Å². The number of ether oxygens (including phenoxy) is 2. The zero-order chi connectivity index (χ0) is 18.9. The molecule has 27 heavy (non-hydrogen) atoms. The van der Waals surface area contributed by atoms with E-state index in [-0.39, 0.29) is 17.3 Å². The quantitative estimate of drug-likeness (QED) is 0.640. The lowest BCUT2D eigenvalue weighted by Gasteiger charge is -2.46. The molecule has 1 unspecified atom stereocenters. The van der Waals surface area contributed by atoms with Gasteiger partial charge in [0, 0.05) is 6.61 Å². The molecule has 0 saturated carbocycles. The number of halogens is 2. The van der Waals surface area contributed by atoms with Crippen molar-refractivity contribution in [1.29, 1.82) is 0 Å². The third-order valence-electron chi connectivity index (χ3n) is 5.14. The second-order valence-corrected chi connectivity index (χ2v) is 8.08. The molecule has 144 valence electrons. The zero-order valence-electron chi connectivity index (χ0n) is 14.8. The summed E-state index contributed by atoms with van der Waals surface area (Å²) >= 11 is 3.21. The predicted octanol–water partition coefficient (Wildman–Crippen LogP) is 4.02. The number of hydrogen-bond acceptors (Lipinski definition) is 4. The normalized spacial score (nSPS) is 20.8. The van der Waals surface area contributed by atoms with Gasteiger partial charge in [-0.15, -0.1) is 0 Å². The summed E-state index contributed by atoms with van der Waals surface area (Å²) in [7, 11) is 0. The highest BCUT2D eigenvalue weighted by Gasteiger charge is 2.51. The van der Waals surface area contributed by atoms with Crippen LogP contribution in [0.4, 0.5) is 4.39 Å². The highest BCUT2D eigenvalue weighted by molar-refractivity contribution is 9.10. The minimum atomic E-state index is -0.242. The first-order valence-corrected chi connectivity index (χ1v) is 9.83. The van der Waals surface area contributed by atoms with E-state index in [0.717, 1.165) is 18.4 Å². The van der Waals surface area contributed by atoms with E-state index in [4.69, 9.17) is 13.9 Å². The maximum Gasteiger partial charge on any atom is 0.289 e. The van der Waals surface area contributed by atoms with Gasteiger partial charge in [0.25, 0.3) is 5.91 Å². The van der Waals surface area contributed by atoms with Gasteiger partial charge in [0.2, 0.25) is 0 Å². The Hall–Kier alpha value is -1.70. The number of nitrogens with zero attached hydrogens (tertiary/aromatic N) is 1. The summed E-state index contributed by atoms with van der Waals surface area (Å²) in [4.78, 5) is 14.1. The van der Waals surface area contributed by atoms with Crippen LogP contribution in [0.2, 0.25) is 0 Å². The third-order valence-corrected chi connectivity index (χ3v) is 5.57. The van der Waals surface area contributed by atoms with Gasteiger partial charge in [0.05, 0.1) is 26.3 Å². The molecule has 7 heteroatoms. The van der Waals surface area contributed by atoms with E-state index in [1.807, 2.05) is 6.07 Å². The molecule has 2 saturated heterocycles. The average Bonchev–Trinajstić information content (AvgIpc) is 3.24. The standard InChI is InChI=1S/C20H21BrFNO4/c21-18-5-4-17(27-18)19(24)23-12-20(13-23)9-15(11-26-20)6-7-25-10-14-2-1-3-16(22)8-14/h1-5,8,15H,6-7,9-13H2. The number of carbonyl (C=O) groups excluding carboxylic acids is 1. The Morgan fingerprint density at radius 2 is 2.19 bits per heavy atom. The molecule has 5 nitrogen and oxygen atoms in total. The van der Waals surface area contributed by atoms with E-state index in [1.165, 1.54) is 12.1 Å². The summed E-state index contributed by atoms with van der Waals surface area (Å²) < 4.78 is 30.7. The van der Waals surface area contributed by atoms with E-state index >= 15 is 0 Å². The van der Waals surface area contributed by atoms with Crippen molar-refractivity contribution in [2.24, 2.45) is 5.92 Å². The molecule has 2 fully saturated rings. The van der Waals surface area contributed by atoms with Gasteiger partial charge in [-0.3, -0.25) is 4.79 Å². The number of benzene rings is 1. The summed E-state index contributed by atoms with van der Waals surface area (Å²) in [5, 5.41) is 0. The van der Waals surface area contributed by atoms with Crippen molar-refractivity contribution in [3.63, 3.8) is 0 Å². The molecule has 4 rings (SSSR count). The molecule has 0 aliphatic carbocycles. The van der Waals surface area contributed by atoms with Crippen LogP contribution >= 0.6 is 15.9 Å². The molecule has 0 N–H and O–H groups in total. The van der Waals surface area contributed by atoms with E-state index < -0.39 is 0 Å². The van der Waals surface area contributed by atoms with Crippen LogP contribution in [0, 0.1) is 11.7 Å². The van der Waals surface area contributed by atoms with Gasteiger partial charge in [-0.1, -0.05) is 12.1 Å². The Morgan fingerprint density at radius 3 is 2.93 bits per heavy atom. The lowest BCUT2D eigenvalue weighted by Crippen LogP contribution is -2.63. The van der Waals surface area contributed by atoms with Crippen molar-refractivity contribution in [3.05, 3.63) is 58.2 Å². The molecule has 1 atom stereocenters. The van der Waals surface area contributed by atoms with E-state index in [2.05, 4.69) is 15.9 Å². The highest BCUT2D eigenvalue weighted by Crippen LogP contribution is 2.39. The first-order valence-electron chi connectivity index (χ1n) is 9.04. The van der Waals surface area contributed by atoms with Crippen LogP contribution in [0.25, 0.3) is 0 Å². The van der Waals surface area contributed by atoms with Crippen LogP contribution in [0.5, 0.6) is 0 Å². The van der Waals surface area contributed by atoms with Crippen molar-refractivity contribution in [3.8, 4) is 0 Å². The lowest BCUT2D eigenvalue weighted by molar-refractivity contribution is -0.0957. The van der Waals surface area contributed by atoms with Crippen molar-refractivity contribution >= 4 is 21.8 Å². The van der Waals surface area contributed by atoms with E-state index in [1.54, 1.807) is 23.1 Å². The Balaban J connectivity index is 1.18. The minimum Gasteiger partial charge on any atom is -0.444 e. The van der Waals surface area contributed by atoms with Crippen molar-refractivity contribution in [1.82, 2.24) is 4.90 Å². The van der Waals surface area contributed by atoms with Gasteiger partial charge < -0.3 is 18.8 Å². The van der Waals surface area contributed by atoms with E-state index in [9.17, 15) is 9.18 Å². The van der Waals surface area contributed by atoms with Crippen molar-refractivity contribution in [2.45, 2.75) is 25.0 Å². The fourth-order valence-corrected chi connectivity index (χ4v) is 4.10. The molecule has 2 aromatic rings. The Morgan fingerprint density at radius 1 is 1.33 bits per heavy atom. The van der Waals surface area contributed by atoms with Gasteiger partial charge in [-0.2, -0.15) is 0 Å². The number of furan rings is 1. The second kappa shape index (κ2) is 7.73. The van der Waals surface area contributed by atoms with Crippen LogP contribution in [-0.4, -0.2) is 42.7 Å². The summed E-state index contributed by atoms with van der Waals surface area (Å²) in [6, 6.07) is 9.85. The zero-order valence-corrected chi connectivity index (χ0v) is 16.4. The Bertz CT molecular complexity index is 818. The highest BCUT2D eigenvalue weighted by atomic mass is 79.9. The third kappa shape index (κ3) is 4.25. The fraction of sp³-hybridized carbons (Fsp3) is 0.450. The van der Waals surface area contributed by atoms with Gasteiger partial charge in [-0.05, 0) is 64.5 Å². The first-order chi connectivity index (χ1) is 13.0. The summed E-state index contributed by atoms with van der Waals surface area (Å²) in [6.07, 6.45) is 1.83. The fourth-order valence-electron chi connectivity index (χ4n) is 3.79. The number of amides is 1. The number of carbonyl (C=O) groups is 1. The predicted molar refractivity (Wildman–Crippen MR) is 99.8 cm³/mol. The van der Waals surface area contributed by atoms with Gasteiger partial charge in [-0.25, -0.2) is 4.39 Å². The molecule has 1 aromatic heterocycles. The average molecular weight is 438 g/mol. The SMILES string of the molecule is O=C(c1ccc(Br)o1)N1CC2(CC(CCOCc3cccc(F)c3)CO2)C1. The van der Waals surface area contributed by atoms with Crippen molar-refractivity contribution < 1.29 is 23.1 Å². The van der Waals surface area contributed by atoms with Crippen LogP contribution in [0.1, 0.15) is 29.0 Å². The van der Waals surface area contributed by atoms with Crippen LogP contribution in [0.15, 0.2) is 45.5 Å². The maximum absolute atomic E-state index is 13.1. The molecule has 0 bridgehead atoms. The number of rotatable bonds is 6. The number of hydrogen-bond donors (Lipinski definition) is 0. The van der Waals surface area contributed by atoms with E-state index in [0.29, 0.717) is 49.3 Å². The molecule has 1 amide bonds. The molecular formula is C20H21BrFNO4. The Labute approximate surface area is 165 Å². The molecule has 1 spiro atoms. The number of likely N-dealkylation sites (tertiary alicyclic amines) is 1. The molecular weight excluding hydrogens is 417 g/mol. The maximum atomic E-state index is 13.1. The van der Waals surface area contributed by atoms with Gasteiger partial charge in [0.15, 0.2) is 10.4 Å². The summed E-state index contributed by atoms with van der Waals surface area (Å²) in [6.45, 7) is 2.93. The first kappa shape index (κ1) is 18.7. The van der Waals surface area contributed by atoms with Crippen LogP contribution in [0.3, 0.4) is 0 Å². The molecule has 2 aliphatic rings. The largest absolute Gasteiger partial charge is 0.444 e. The molecule has 3 heterocycles. The summed E-state index contributed by atoms with van der Waals surface area (Å²) in [5.41, 5.74) is 0.624. The Kier molecular flexibility index (Phi) is 5.34. The van der Waals surface area contributed by atoms with Crippen LogP contribution < -0.4 is 0 Å². The summed E-state index contributed by atoms with van der Waals surface area (Å²) in [5.74, 6) is 0.426. The molecule has 0 radical (unpaired) electrons. The van der Waals surface area contributed by atoms with Crippen molar-refractivity contribution in [2.75, 3.05) is 26.3 Å². The second-order valence-electron chi connectivity index (χ2n) is 7.30. The molecule has 1 aromatic carbocycles.